The highest BCUT2D eigenvalue weighted by Gasteiger charge is 2.22. The largest absolute Gasteiger partial charge is 0.480 e. The third kappa shape index (κ3) is 4.47. The average Bonchev–Trinajstić information content (AvgIpc) is 2.03. The Balaban J connectivity index is 4.10. The van der Waals surface area contributed by atoms with Gasteiger partial charge >= 0.3 is 11.9 Å². The number of hydrogen-bond acceptors (Lipinski definition) is 4. The molecule has 5 heteroatoms. The molecule has 0 saturated heterocycles. The van der Waals surface area contributed by atoms with Gasteiger partial charge in [0.15, 0.2) is 0 Å². The lowest BCUT2D eigenvalue weighted by Gasteiger charge is -2.18. The first-order valence-electron chi connectivity index (χ1n) is 4.02. The number of rotatable bonds is 5. The fourth-order valence-electron chi connectivity index (χ4n) is 0.915. The van der Waals surface area contributed by atoms with Crippen molar-refractivity contribution in [3.8, 4) is 0 Å². The normalized spacial score (nSPS) is 12.6. The van der Waals surface area contributed by atoms with Crippen LogP contribution in [-0.2, 0) is 14.3 Å². The quantitative estimate of drug-likeness (QED) is 0.589. The van der Waals surface area contributed by atoms with Crippen LogP contribution in [0.3, 0.4) is 0 Å². The van der Waals surface area contributed by atoms with E-state index in [-0.39, 0.29) is 12.5 Å². The molecular weight excluding hydrogens is 174 g/mol. The average molecular weight is 189 g/mol. The van der Waals surface area contributed by atoms with E-state index in [1.807, 2.05) is 13.8 Å². The minimum atomic E-state index is -0.991. The van der Waals surface area contributed by atoms with Gasteiger partial charge in [-0.2, -0.15) is 0 Å². The minimum Gasteiger partial charge on any atom is -0.480 e. The van der Waals surface area contributed by atoms with Crippen molar-refractivity contribution in [1.82, 2.24) is 5.32 Å². The van der Waals surface area contributed by atoms with Crippen molar-refractivity contribution in [3.63, 3.8) is 0 Å². The van der Waals surface area contributed by atoms with E-state index in [1.54, 1.807) is 0 Å². The number of ether oxygens (including phenoxy) is 1. The summed E-state index contributed by atoms with van der Waals surface area (Å²) in [5.74, 6) is -1.42. The Morgan fingerprint density at radius 1 is 1.46 bits per heavy atom. The van der Waals surface area contributed by atoms with Gasteiger partial charge < -0.3 is 9.84 Å². The van der Waals surface area contributed by atoms with Crippen LogP contribution in [0.25, 0.3) is 0 Å². The van der Waals surface area contributed by atoms with Crippen LogP contribution in [0.5, 0.6) is 0 Å². The molecule has 0 aliphatic carbocycles. The Kier molecular flexibility index (Phi) is 5.06. The van der Waals surface area contributed by atoms with Crippen molar-refractivity contribution in [3.05, 3.63) is 0 Å². The van der Waals surface area contributed by atoms with Crippen molar-refractivity contribution < 1.29 is 19.4 Å². The first-order chi connectivity index (χ1) is 5.99. The minimum absolute atomic E-state index is 0.00630. The molecule has 76 valence electrons. The second kappa shape index (κ2) is 5.53. The van der Waals surface area contributed by atoms with E-state index in [9.17, 15) is 9.59 Å². The Bertz CT molecular complexity index is 191. The summed E-state index contributed by atoms with van der Waals surface area (Å²) in [5, 5.41) is 11.0. The molecular formula is C8H15NO4. The summed E-state index contributed by atoms with van der Waals surface area (Å²) in [5.41, 5.74) is 0. The summed E-state index contributed by atoms with van der Waals surface area (Å²) in [7, 11) is 1.28. The van der Waals surface area contributed by atoms with Crippen LogP contribution >= 0.6 is 0 Å². The standard InChI is InChI=1S/C8H15NO4/c1-5(2)7(8(12)13-3)9-4-6(10)11/h5,7,9H,4H2,1-3H3,(H,10,11). The van der Waals surface area contributed by atoms with Gasteiger partial charge in [-0.3, -0.25) is 14.9 Å². The number of hydrogen-bond donors (Lipinski definition) is 2. The molecule has 0 aromatic heterocycles. The van der Waals surface area contributed by atoms with Gasteiger partial charge in [0, 0.05) is 0 Å². The van der Waals surface area contributed by atoms with Crippen LogP contribution in [-0.4, -0.2) is 36.7 Å². The third-order valence-corrected chi connectivity index (χ3v) is 1.59. The Morgan fingerprint density at radius 2 is 2.00 bits per heavy atom. The van der Waals surface area contributed by atoms with E-state index in [0.29, 0.717) is 0 Å². The monoisotopic (exact) mass is 189 g/mol. The van der Waals surface area contributed by atoms with E-state index in [0.717, 1.165) is 0 Å². The summed E-state index contributed by atoms with van der Waals surface area (Å²) in [4.78, 5) is 21.3. The number of carboxylic acids is 1. The zero-order valence-corrected chi connectivity index (χ0v) is 8.03. The molecule has 5 nitrogen and oxygen atoms in total. The number of carbonyl (C=O) groups is 2. The molecule has 0 aliphatic rings. The van der Waals surface area contributed by atoms with E-state index < -0.39 is 18.0 Å². The molecule has 0 spiro atoms. The van der Waals surface area contributed by atoms with Crippen LogP contribution in [0.2, 0.25) is 0 Å². The molecule has 0 aromatic carbocycles. The van der Waals surface area contributed by atoms with Crippen LogP contribution in [0.15, 0.2) is 0 Å². The van der Waals surface area contributed by atoms with Gasteiger partial charge in [-0.15, -0.1) is 0 Å². The van der Waals surface area contributed by atoms with Gasteiger partial charge in [0.1, 0.15) is 6.04 Å². The SMILES string of the molecule is COC(=O)C(NCC(=O)O)C(C)C. The molecule has 0 saturated carbocycles. The van der Waals surface area contributed by atoms with Crippen molar-refractivity contribution >= 4 is 11.9 Å². The molecule has 0 aromatic rings. The highest BCUT2D eigenvalue weighted by molar-refractivity contribution is 5.77. The maximum absolute atomic E-state index is 11.1. The second-order valence-electron chi connectivity index (χ2n) is 3.02. The smallest absolute Gasteiger partial charge is 0.323 e. The van der Waals surface area contributed by atoms with Crippen LogP contribution in [0, 0.1) is 5.92 Å². The molecule has 2 N–H and O–H groups in total. The van der Waals surface area contributed by atoms with Crippen molar-refractivity contribution in [2.45, 2.75) is 19.9 Å². The van der Waals surface area contributed by atoms with Gasteiger partial charge in [-0.25, -0.2) is 0 Å². The van der Waals surface area contributed by atoms with Crippen LogP contribution < -0.4 is 5.32 Å². The fourth-order valence-corrected chi connectivity index (χ4v) is 0.915. The molecule has 13 heavy (non-hydrogen) atoms. The van der Waals surface area contributed by atoms with E-state index >= 15 is 0 Å². The zero-order valence-electron chi connectivity index (χ0n) is 8.03. The number of carbonyl (C=O) groups excluding carboxylic acids is 1. The van der Waals surface area contributed by atoms with E-state index in [4.69, 9.17) is 5.11 Å². The van der Waals surface area contributed by atoms with Gasteiger partial charge in [-0.05, 0) is 5.92 Å². The van der Waals surface area contributed by atoms with Gasteiger partial charge in [0.05, 0.1) is 13.7 Å². The Morgan fingerprint density at radius 3 is 2.31 bits per heavy atom. The van der Waals surface area contributed by atoms with Crippen LogP contribution in [0.4, 0.5) is 0 Å². The molecule has 1 atom stereocenters. The number of esters is 1. The zero-order chi connectivity index (χ0) is 10.4. The van der Waals surface area contributed by atoms with Crippen molar-refractivity contribution in [2.24, 2.45) is 5.92 Å². The lowest BCUT2D eigenvalue weighted by molar-refractivity contribution is -0.144. The Hall–Kier alpha value is -1.10. The van der Waals surface area contributed by atoms with Crippen molar-refractivity contribution in [1.29, 1.82) is 0 Å². The molecule has 0 rings (SSSR count). The number of nitrogens with one attached hydrogen (secondary N) is 1. The first kappa shape index (κ1) is 11.9. The predicted octanol–water partition coefficient (Wildman–Crippen LogP) is -0.142. The molecule has 0 radical (unpaired) electrons. The van der Waals surface area contributed by atoms with E-state index in [1.165, 1.54) is 7.11 Å². The molecule has 0 fully saturated rings. The maximum atomic E-state index is 11.1. The summed E-state index contributed by atoms with van der Waals surface area (Å²) in [6.45, 7) is 3.39. The fraction of sp³-hybridized carbons (Fsp3) is 0.750. The lowest BCUT2D eigenvalue weighted by atomic mass is 10.1. The summed E-state index contributed by atoms with van der Waals surface area (Å²) in [6.07, 6.45) is 0. The lowest BCUT2D eigenvalue weighted by Crippen LogP contribution is -2.43. The molecule has 0 heterocycles. The predicted molar refractivity (Wildman–Crippen MR) is 46.3 cm³/mol. The van der Waals surface area contributed by atoms with Gasteiger partial charge in [0.2, 0.25) is 0 Å². The van der Waals surface area contributed by atoms with Crippen LogP contribution in [0.1, 0.15) is 13.8 Å². The number of aliphatic carboxylic acids is 1. The number of methoxy groups -OCH3 is 1. The first-order valence-corrected chi connectivity index (χ1v) is 4.02. The summed E-state index contributed by atoms with van der Waals surface area (Å²) < 4.78 is 4.51. The molecule has 0 aliphatic heterocycles. The summed E-state index contributed by atoms with van der Waals surface area (Å²) in [6, 6.07) is -0.555. The van der Waals surface area contributed by atoms with Gasteiger partial charge in [0.25, 0.3) is 0 Å². The highest BCUT2D eigenvalue weighted by atomic mass is 16.5. The maximum Gasteiger partial charge on any atom is 0.323 e. The molecule has 0 amide bonds. The Labute approximate surface area is 77.1 Å². The number of carboxylic acid groups (broad SMARTS) is 1. The van der Waals surface area contributed by atoms with Crippen molar-refractivity contribution in [2.75, 3.05) is 13.7 Å². The second-order valence-corrected chi connectivity index (χ2v) is 3.02. The highest BCUT2D eigenvalue weighted by Crippen LogP contribution is 2.02. The van der Waals surface area contributed by atoms with E-state index in [2.05, 4.69) is 10.1 Å². The topological polar surface area (TPSA) is 75.6 Å². The molecule has 1 unspecified atom stereocenters. The van der Waals surface area contributed by atoms with Gasteiger partial charge in [-0.1, -0.05) is 13.8 Å². The third-order valence-electron chi connectivity index (χ3n) is 1.59. The molecule has 0 bridgehead atoms. The summed E-state index contributed by atoms with van der Waals surface area (Å²) >= 11 is 0.